The Labute approximate surface area is 239 Å². The normalized spacial score (nSPS) is 12.5. The number of nitrogens with zero attached hydrogens (tertiary/aromatic N) is 1. The SMILES string of the molecule is CC(C)(C)NC(=O)C(Cc1ccccc1)N(Cc1ccc(F)cc1)C(=O)COc1ccc(C(C)(C)C)cc1Br. The fraction of sp³-hybridized carbons (Fsp3) is 0.375. The maximum atomic E-state index is 13.8. The maximum absolute atomic E-state index is 13.8. The summed E-state index contributed by atoms with van der Waals surface area (Å²) in [5, 5.41) is 3.03. The number of benzene rings is 3. The molecule has 0 radical (unpaired) electrons. The van der Waals surface area contributed by atoms with Crippen molar-refractivity contribution in [3.63, 3.8) is 0 Å². The second-order valence-corrected chi connectivity index (χ2v) is 12.6. The fourth-order valence-electron chi connectivity index (χ4n) is 4.10. The van der Waals surface area contributed by atoms with Crippen LogP contribution < -0.4 is 10.1 Å². The van der Waals surface area contributed by atoms with Crippen molar-refractivity contribution in [3.05, 3.63) is 99.8 Å². The van der Waals surface area contributed by atoms with Crippen LogP contribution in [0.15, 0.2) is 77.3 Å². The molecule has 0 fully saturated rings. The van der Waals surface area contributed by atoms with Crippen LogP contribution in [-0.2, 0) is 28.0 Å². The number of carbonyl (C=O) groups excluding carboxylic acids is 2. The van der Waals surface area contributed by atoms with Crippen molar-refractivity contribution in [1.29, 1.82) is 0 Å². The lowest BCUT2D eigenvalue weighted by Gasteiger charge is -2.33. The van der Waals surface area contributed by atoms with Crippen molar-refractivity contribution in [2.24, 2.45) is 0 Å². The first kappa shape index (κ1) is 30.4. The van der Waals surface area contributed by atoms with Gasteiger partial charge in [0.1, 0.15) is 17.6 Å². The number of hydrogen-bond acceptors (Lipinski definition) is 3. The molecule has 0 aliphatic rings. The van der Waals surface area contributed by atoms with Gasteiger partial charge in [0.2, 0.25) is 5.91 Å². The van der Waals surface area contributed by atoms with E-state index < -0.39 is 11.6 Å². The van der Waals surface area contributed by atoms with E-state index in [-0.39, 0.29) is 36.2 Å². The smallest absolute Gasteiger partial charge is 0.261 e. The van der Waals surface area contributed by atoms with Gasteiger partial charge < -0.3 is 15.0 Å². The van der Waals surface area contributed by atoms with Gasteiger partial charge >= 0.3 is 0 Å². The van der Waals surface area contributed by atoms with Crippen molar-refractivity contribution in [2.75, 3.05) is 6.61 Å². The van der Waals surface area contributed by atoms with E-state index >= 15 is 0 Å². The zero-order chi connectivity index (χ0) is 28.8. The number of ether oxygens (including phenoxy) is 1. The molecule has 3 rings (SSSR count). The standard InChI is InChI=1S/C32H38BrFN2O3/c1-31(2,3)24-14-17-28(26(33)19-24)39-21-29(37)36(20-23-12-15-25(34)16-13-23)27(30(38)35-32(4,5)6)18-22-10-8-7-9-11-22/h7-17,19,27H,18,20-21H2,1-6H3,(H,35,38). The summed E-state index contributed by atoms with van der Waals surface area (Å²) in [4.78, 5) is 28.9. The molecule has 0 spiro atoms. The predicted molar refractivity (Wildman–Crippen MR) is 157 cm³/mol. The molecule has 7 heteroatoms. The molecule has 0 heterocycles. The lowest BCUT2D eigenvalue weighted by atomic mass is 9.87. The van der Waals surface area contributed by atoms with Gasteiger partial charge in [-0.2, -0.15) is 0 Å². The average molecular weight is 598 g/mol. The highest BCUT2D eigenvalue weighted by Gasteiger charge is 2.32. The van der Waals surface area contributed by atoms with Crippen LogP contribution in [0, 0.1) is 5.82 Å². The van der Waals surface area contributed by atoms with Crippen LogP contribution in [0.5, 0.6) is 5.75 Å². The third-order valence-electron chi connectivity index (χ3n) is 6.18. The molecule has 0 saturated carbocycles. The Morgan fingerprint density at radius 3 is 2.13 bits per heavy atom. The van der Waals surface area contributed by atoms with Crippen molar-refractivity contribution in [1.82, 2.24) is 10.2 Å². The highest BCUT2D eigenvalue weighted by Crippen LogP contribution is 2.31. The van der Waals surface area contributed by atoms with E-state index in [2.05, 4.69) is 42.0 Å². The summed E-state index contributed by atoms with van der Waals surface area (Å²) in [5.41, 5.74) is 2.24. The summed E-state index contributed by atoms with van der Waals surface area (Å²) in [6.07, 6.45) is 0.319. The molecule has 1 N–H and O–H groups in total. The number of hydrogen-bond donors (Lipinski definition) is 1. The summed E-state index contributed by atoms with van der Waals surface area (Å²) in [6, 6.07) is 20.5. The van der Waals surface area contributed by atoms with Gasteiger partial charge in [-0.3, -0.25) is 9.59 Å². The van der Waals surface area contributed by atoms with Crippen LogP contribution in [0.2, 0.25) is 0 Å². The molecule has 0 aromatic heterocycles. The number of nitrogens with one attached hydrogen (secondary N) is 1. The monoisotopic (exact) mass is 596 g/mol. The summed E-state index contributed by atoms with van der Waals surface area (Å²) < 4.78 is 20.3. The molecule has 0 aliphatic carbocycles. The molecule has 2 amide bonds. The van der Waals surface area contributed by atoms with E-state index in [1.807, 2.05) is 69.3 Å². The summed E-state index contributed by atoms with van der Waals surface area (Å²) in [7, 11) is 0. The molecule has 39 heavy (non-hydrogen) atoms. The van der Waals surface area contributed by atoms with Gasteiger partial charge in [0.15, 0.2) is 6.61 Å². The largest absolute Gasteiger partial charge is 0.483 e. The van der Waals surface area contributed by atoms with Gasteiger partial charge in [-0.15, -0.1) is 0 Å². The Kier molecular flexibility index (Phi) is 9.94. The molecule has 1 atom stereocenters. The molecule has 0 saturated heterocycles. The molecule has 3 aromatic carbocycles. The van der Waals surface area contributed by atoms with Gasteiger partial charge in [-0.25, -0.2) is 4.39 Å². The van der Waals surface area contributed by atoms with Crippen LogP contribution in [0.4, 0.5) is 4.39 Å². The third kappa shape index (κ3) is 9.20. The van der Waals surface area contributed by atoms with Crippen LogP contribution in [0.3, 0.4) is 0 Å². The first-order valence-electron chi connectivity index (χ1n) is 13.1. The van der Waals surface area contributed by atoms with Gasteiger partial charge in [0.05, 0.1) is 4.47 Å². The van der Waals surface area contributed by atoms with Crippen molar-refractivity contribution in [3.8, 4) is 5.75 Å². The first-order valence-corrected chi connectivity index (χ1v) is 13.8. The van der Waals surface area contributed by atoms with Gasteiger partial charge in [0.25, 0.3) is 5.91 Å². The van der Waals surface area contributed by atoms with E-state index in [9.17, 15) is 14.0 Å². The van der Waals surface area contributed by atoms with Crippen LogP contribution in [-0.4, -0.2) is 34.9 Å². The Bertz CT molecular complexity index is 1270. The summed E-state index contributed by atoms with van der Waals surface area (Å²) in [5.74, 6) is -0.444. The Balaban J connectivity index is 1.92. The minimum Gasteiger partial charge on any atom is -0.483 e. The van der Waals surface area contributed by atoms with Crippen LogP contribution in [0.25, 0.3) is 0 Å². The van der Waals surface area contributed by atoms with Crippen molar-refractivity contribution in [2.45, 2.75) is 71.5 Å². The second-order valence-electron chi connectivity index (χ2n) is 11.8. The zero-order valence-electron chi connectivity index (χ0n) is 23.6. The molecular weight excluding hydrogens is 559 g/mol. The van der Waals surface area contributed by atoms with E-state index in [4.69, 9.17) is 4.74 Å². The van der Waals surface area contributed by atoms with Gasteiger partial charge in [-0.1, -0.05) is 69.3 Å². The van der Waals surface area contributed by atoms with Gasteiger partial charge in [-0.05, 0) is 83.1 Å². The summed E-state index contributed by atoms with van der Waals surface area (Å²) >= 11 is 3.57. The molecule has 5 nitrogen and oxygen atoms in total. The highest BCUT2D eigenvalue weighted by atomic mass is 79.9. The fourth-order valence-corrected chi connectivity index (χ4v) is 4.59. The maximum Gasteiger partial charge on any atom is 0.261 e. The molecule has 1 unspecified atom stereocenters. The minimum absolute atomic E-state index is 0.0338. The molecule has 208 valence electrons. The second kappa shape index (κ2) is 12.8. The van der Waals surface area contributed by atoms with Crippen LogP contribution >= 0.6 is 15.9 Å². The topological polar surface area (TPSA) is 58.6 Å². The van der Waals surface area contributed by atoms with E-state index in [1.54, 1.807) is 12.1 Å². The quantitative estimate of drug-likeness (QED) is 0.295. The molecule has 0 aliphatic heterocycles. The van der Waals surface area contributed by atoms with E-state index in [0.29, 0.717) is 17.7 Å². The van der Waals surface area contributed by atoms with E-state index in [1.165, 1.54) is 17.0 Å². The van der Waals surface area contributed by atoms with E-state index in [0.717, 1.165) is 15.6 Å². The number of carbonyl (C=O) groups is 2. The van der Waals surface area contributed by atoms with Gasteiger partial charge in [0, 0.05) is 18.5 Å². The highest BCUT2D eigenvalue weighted by molar-refractivity contribution is 9.10. The van der Waals surface area contributed by atoms with Crippen molar-refractivity contribution < 1.29 is 18.7 Å². The number of rotatable bonds is 9. The Hall–Kier alpha value is -3.19. The Morgan fingerprint density at radius 2 is 1.56 bits per heavy atom. The molecular formula is C32H38BrFN2O3. The molecule has 0 bridgehead atoms. The summed E-state index contributed by atoms with van der Waals surface area (Å²) in [6.45, 7) is 11.9. The Morgan fingerprint density at radius 1 is 0.923 bits per heavy atom. The lowest BCUT2D eigenvalue weighted by molar-refractivity contribution is -0.143. The third-order valence-corrected chi connectivity index (χ3v) is 6.80. The number of halogens is 2. The van der Waals surface area contributed by atoms with Crippen molar-refractivity contribution >= 4 is 27.7 Å². The van der Waals surface area contributed by atoms with Crippen LogP contribution in [0.1, 0.15) is 58.2 Å². The average Bonchev–Trinajstić information content (AvgIpc) is 2.85. The zero-order valence-corrected chi connectivity index (χ0v) is 25.1. The minimum atomic E-state index is -0.806. The predicted octanol–water partition coefficient (Wildman–Crippen LogP) is 6.82. The molecule has 3 aromatic rings. The number of amides is 2. The first-order chi connectivity index (χ1) is 18.2. The lowest BCUT2D eigenvalue weighted by Crippen LogP contribution is -2.55.